The van der Waals surface area contributed by atoms with Gasteiger partial charge < -0.3 is 19.5 Å². The molecule has 6 heteroatoms. The van der Waals surface area contributed by atoms with E-state index >= 15 is 0 Å². The van der Waals surface area contributed by atoms with Gasteiger partial charge in [-0.05, 0) is 20.8 Å². The van der Waals surface area contributed by atoms with E-state index < -0.39 is 23.7 Å². The van der Waals surface area contributed by atoms with Gasteiger partial charge in [-0.2, -0.15) is 0 Å². The molecular weight excluding hydrogens is 238 g/mol. The first-order valence-corrected chi connectivity index (χ1v) is 5.56. The zero-order valence-corrected chi connectivity index (χ0v) is 11.3. The lowest BCUT2D eigenvalue weighted by molar-refractivity contribution is -0.144. The molecule has 0 fully saturated rings. The summed E-state index contributed by atoms with van der Waals surface area (Å²) in [5.74, 6) is -0.593. The fourth-order valence-corrected chi connectivity index (χ4v) is 1.03. The maximum atomic E-state index is 11.5. The lowest BCUT2D eigenvalue weighted by Gasteiger charge is -2.22. The Morgan fingerprint density at radius 2 is 2.00 bits per heavy atom. The Morgan fingerprint density at radius 1 is 1.39 bits per heavy atom. The van der Waals surface area contributed by atoms with Crippen molar-refractivity contribution in [1.29, 1.82) is 0 Å². The van der Waals surface area contributed by atoms with Crippen LogP contribution < -0.4 is 5.32 Å². The molecule has 0 aliphatic carbocycles. The van der Waals surface area contributed by atoms with Crippen molar-refractivity contribution in [3.63, 3.8) is 0 Å². The largest absolute Gasteiger partial charge is 0.467 e. The standard InChI is InChI=1S/C12H21NO5/c1-6-7-17-8-9(10(14)16-5)13-11(15)18-12(2,3)4/h6,9H,1,7-8H2,2-5H3,(H,13,15)/t9-/m1/s1. The average molecular weight is 259 g/mol. The maximum absolute atomic E-state index is 11.5. The van der Waals surface area contributed by atoms with Gasteiger partial charge in [-0.25, -0.2) is 9.59 Å². The fraction of sp³-hybridized carbons (Fsp3) is 0.667. The molecule has 104 valence electrons. The van der Waals surface area contributed by atoms with Gasteiger partial charge in [0.05, 0.1) is 20.3 Å². The summed E-state index contributed by atoms with van der Waals surface area (Å²) in [4.78, 5) is 22.9. The number of carbonyl (C=O) groups is 2. The van der Waals surface area contributed by atoms with Crippen LogP contribution in [0, 0.1) is 0 Å². The van der Waals surface area contributed by atoms with Gasteiger partial charge in [0.15, 0.2) is 6.04 Å². The minimum atomic E-state index is -0.898. The number of alkyl carbamates (subject to hydrolysis) is 1. The zero-order chi connectivity index (χ0) is 14.2. The summed E-state index contributed by atoms with van der Waals surface area (Å²) in [5, 5.41) is 2.39. The zero-order valence-electron chi connectivity index (χ0n) is 11.3. The highest BCUT2D eigenvalue weighted by Gasteiger charge is 2.24. The summed E-state index contributed by atoms with van der Waals surface area (Å²) >= 11 is 0. The first-order valence-electron chi connectivity index (χ1n) is 5.56. The van der Waals surface area contributed by atoms with Crippen molar-refractivity contribution in [2.45, 2.75) is 32.4 Å². The third-order valence-electron chi connectivity index (χ3n) is 1.70. The fourth-order valence-electron chi connectivity index (χ4n) is 1.03. The van der Waals surface area contributed by atoms with Gasteiger partial charge in [-0.15, -0.1) is 6.58 Å². The summed E-state index contributed by atoms with van der Waals surface area (Å²) in [6.07, 6.45) is 0.849. The number of rotatable bonds is 6. The SMILES string of the molecule is C=CCOC[C@@H](NC(=O)OC(C)(C)C)C(=O)OC. The van der Waals surface area contributed by atoms with Gasteiger partial charge in [0.2, 0.25) is 0 Å². The van der Waals surface area contributed by atoms with Gasteiger partial charge in [0.1, 0.15) is 5.60 Å². The van der Waals surface area contributed by atoms with Crippen LogP contribution in [0.1, 0.15) is 20.8 Å². The molecule has 18 heavy (non-hydrogen) atoms. The molecule has 0 saturated heterocycles. The lowest BCUT2D eigenvalue weighted by atomic mass is 10.2. The number of nitrogens with one attached hydrogen (secondary N) is 1. The Kier molecular flexibility index (Phi) is 7.04. The van der Waals surface area contributed by atoms with E-state index in [1.165, 1.54) is 7.11 Å². The van der Waals surface area contributed by atoms with E-state index in [2.05, 4.69) is 16.6 Å². The molecule has 0 rings (SSSR count). The Labute approximate surface area is 107 Å². The topological polar surface area (TPSA) is 73.9 Å². The van der Waals surface area contributed by atoms with Crippen molar-refractivity contribution in [1.82, 2.24) is 5.32 Å². The molecular formula is C12H21NO5. The number of amides is 1. The molecule has 0 aromatic heterocycles. The highest BCUT2D eigenvalue weighted by molar-refractivity contribution is 5.81. The van der Waals surface area contributed by atoms with Gasteiger partial charge in [0.25, 0.3) is 0 Å². The van der Waals surface area contributed by atoms with Crippen molar-refractivity contribution in [2.75, 3.05) is 20.3 Å². The van der Waals surface area contributed by atoms with E-state index in [0.717, 1.165) is 0 Å². The van der Waals surface area contributed by atoms with E-state index in [9.17, 15) is 9.59 Å². The highest BCUT2D eigenvalue weighted by atomic mass is 16.6. The summed E-state index contributed by atoms with van der Waals surface area (Å²) in [7, 11) is 1.24. The molecule has 0 radical (unpaired) electrons. The summed E-state index contributed by atoms with van der Waals surface area (Å²) in [6.45, 7) is 8.95. The molecule has 0 aliphatic rings. The van der Waals surface area contributed by atoms with Crippen LogP contribution in [0.3, 0.4) is 0 Å². The number of ether oxygens (including phenoxy) is 3. The smallest absolute Gasteiger partial charge is 0.408 e. The minimum absolute atomic E-state index is 0.00205. The van der Waals surface area contributed by atoms with Crippen LogP contribution in [-0.4, -0.2) is 44.0 Å². The van der Waals surface area contributed by atoms with Gasteiger partial charge in [-0.3, -0.25) is 0 Å². The summed E-state index contributed by atoms with van der Waals surface area (Å²) in [5.41, 5.74) is -0.632. The lowest BCUT2D eigenvalue weighted by Crippen LogP contribution is -2.46. The Balaban J connectivity index is 4.35. The van der Waals surface area contributed by atoms with Crippen LogP contribution in [0.5, 0.6) is 0 Å². The number of hydrogen-bond acceptors (Lipinski definition) is 5. The second kappa shape index (κ2) is 7.71. The van der Waals surface area contributed by atoms with Crippen LogP contribution in [-0.2, 0) is 19.0 Å². The van der Waals surface area contributed by atoms with Crippen molar-refractivity contribution in [3.05, 3.63) is 12.7 Å². The van der Waals surface area contributed by atoms with E-state index in [-0.39, 0.29) is 13.2 Å². The monoisotopic (exact) mass is 259 g/mol. The molecule has 0 saturated carbocycles. The number of carbonyl (C=O) groups excluding carboxylic acids is 2. The molecule has 1 N–H and O–H groups in total. The average Bonchev–Trinajstić information content (AvgIpc) is 2.24. The molecule has 6 nitrogen and oxygen atoms in total. The van der Waals surface area contributed by atoms with Crippen LogP contribution in [0.2, 0.25) is 0 Å². The van der Waals surface area contributed by atoms with Crippen LogP contribution in [0.25, 0.3) is 0 Å². The molecule has 0 aromatic rings. The molecule has 0 unspecified atom stereocenters. The predicted molar refractivity (Wildman–Crippen MR) is 66.2 cm³/mol. The first kappa shape index (κ1) is 16.4. The number of hydrogen-bond donors (Lipinski definition) is 1. The second-order valence-corrected chi connectivity index (χ2v) is 4.55. The van der Waals surface area contributed by atoms with Crippen LogP contribution in [0.15, 0.2) is 12.7 Å². The van der Waals surface area contributed by atoms with E-state index in [1.54, 1.807) is 26.8 Å². The first-order chi connectivity index (χ1) is 8.30. The van der Waals surface area contributed by atoms with Gasteiger partial charge >= 0.3 is 12.1 Å². The quantitative estimate of drug-likeness (QED) is 0.441. The third kappa shape index (κ3) is 7.67. The van der Waals surface area contributed by atoms with Crippen molar-refractivity contribution < 1.29 is 23.8 Å². The Morgan fingerprint density at radius 3 is 2.44 bits per heavy atom. The van der Waals surface area contributed by atoms with E-state index in [0.29, 0.717) is 0 Å². The molecule has 0 aliphatic heterocycles. The molecule has 1 amide bonds. The molecule has 0 bridgehead atoms. The maximum Gasteiger partial charge on any atom is 0.408 e. The number of methoxy groups -OCH3 is 1. The highest BCUT2D eigenvalue weighted by Crippen LogP contribution is 2.07. The molecule has 0 spiro atoms. The predicted octanol–water partition coefficient (Wildman–Crippen LogP) is 1.26. The molecule has 1 atom stereocenters. The summed E-state index contributed by atoms with van der Waals surface area (Å²) in [6, 6.07) is -0.898. The van der Waals surface area contributed by atoms with Crippen LogP contribution >= 0.6 is 0 Å². The van der Waals surface area contributed by atoms with E-state index in [1.807, 2.05) is 0 Å². The second-order valence-electron chi connectivity index (χ2n) is 4.55. The Bertz CT molecular complexity index is 295. The minimum Gasteiger partial charge on any atom is -0.467 e. The normalized spacial score (nSPS) is 12.4. The van der Waals surface area contributed by atoms with Crippen molar-refractivity contribution in [2.24, 2.45) is 0 Å². The van der Waals surface area contributed by atoms with Crippen molar-refractivity contribution in [3.8, 4) is 0 Å². The van der Waals surface area contributed by atoms with Crippen LogP contribution in [0.4, 0.5) is 4.79 Å². The molecule has 0 aromatic carbocycles. The number of esters is 1. The Hall–Kier alpha value is -1.56. The summed E-state index contributed by atoms with van der Waals surface area (Å²) < 4.78 is 14.7. The molecule has 0 heterocycles. The van der Waals surface area contributed by atoms with Crippen molar-refractivity contribution >= 4 is 12.1 Å². The van der Waals surface area contributed by atoms with E-state index in [4.69, 9.17) is 9.47 Å². The van der Waals surface area contributed by atoms with Gasteiger partial charge in [-0.1, -0.05) is 6.08 Å². The third-order valence-corrected chi connectivity index (χ3v) is 1.70. The van der Waals surface area contributed by atoms with Gasteiger partial charge in [0, 0.05) is 0 Å².